The van der Waals surface area contributed by atoms with Gasteiger partial charge in [-0.3, -0.25) is 0 Å². The van der Waals surface area contributed by atoms with Gasteiger partial charge in [0.2, 0.25) is 0 Å². The van der Waals surface area contributed by atoms with Gasteiger partial charge in [0, 0.05) is 39.0 Å². The topological polar surface area (TPSA) is 19.6 Å². The van der Waals surface area contributed by atoms with E-state index in [0.29, 0.717) is 0 Å². The van der Waals surface area contributed by atoms with Crippen molar-refractivity contribution in [1.82, 2.24) is 0 Å². The molecule has 0 fully saturated rings. The number of fused-ring (bicyclic) bond motifs is 9. The largest absolute Gasteiger partial charge is 0.472 e. The molecule has 65 heavy (non-hydrogen) atoms. The van der Waals surface area contributed by atoms with E-state index in [2.05, 4.69) is 212 Å². The second kappa shape index (κ2) is 13.1. The molecule has 6 aromatic rings. The van der Waals surface area contributed by atoms with Gasteiger partial charge in [-0.15, -0.1) is 0 Å². The molecule has 3 aliphatic heterocycles. The van der Waals surface area contributed by atoms with Gasteiger partial charge < -0.3 is 14.2 Å². The van der Waals surface area contributed by atoms with Crippen LogP contribution in [-0.2, 0) is 37.9 Å². The van der Waals surface area contributed by atoms with Crippen LogP contribution >= 0.6 is 0 Å². The van der Waals surface area contributed by atoms with Crippen LogP contribution in [0.3, 0.4) is 0 Å². The highest BCUT2D eigenvalue weighted by atomic mass is 16.3. The maximum absolute atomic E-state index is 7.81. The van der Waals surface area contributed by atoms with Crippen LogP contribution in [0.15, 0.2) is 95.4 Å². The third-order valence-electron chi connectivity index (χ3n) is 17.0. The van der Waals surface area contributed by atoms with Crippen molar-refractivity contribution in [2.75, 3.05) is 9.80 Å². The van der Waals surface area contributed by atoms with Crippen LogP contribution in [0, 0.1) is 0 Å². The van der Waals surface area contributed by atoms with Gasteiger partial charge in [-0.1, -0.05) is 171 Å². The average Bonchev–Trinajstić information content (AvgIpc) is 3.66. The molecular weight excluding hydrogens is 787 g/mol. The van der Waals surface area contributed by atoms with E-state index in [1.54, 1.807) is 0 Å². The van der Waals surface area contributed by atoms with Crippen LogP contribution in [-0.4, -0.2) is 6.71 Å². The molecule has 0 N–H and O–H groups in total. The van der Waals surface area contributed by atoms with Gasteiger partial charge in [0.1, 0.15) is 5.76 Å². The minimum Gasteiger partial charge on any atom is -0.472 e. The quantitative estimate of drug-likeness (QED) is 0.162. The molecule has 2 aliphatic carbocycles. The zero-order valence-corrected chi connectivity index (χ0v) is 42.4. The normalized spacial score (nSPS) is 20.7. The summed E-state index contributed by atoms with van der Waals surface area (Å²) in [5.74, 6) is 1.17. The van der Waals surface area contributed by atoms with Crippen molar-refractivity contribution < 1.29 is 4.42 Å². The first-order valence-corrected chi connectivity index (χ1v) is 24.7. The average molecular weight is 859 g/mol. The fourth-order valence-corrected chi connectivity index (χ4v) is 12.7. The second-order valence-corrected chi connectivity index (χ2v) is 26.0. The van der Waals surface area contributed by atoms with Crippen molar-refractivity contribution in [3.63, 3.8) is 0 Å². The Labute approximate surface area is 391 Å². The lowest BCUT2D eigenvalue weighted by molar-refractivity contribution is 0.282. The Morgan fingerprint density at radius 2 is 1.06 bits per heavy atom. The Morgan fingerprint density at radius 3 is 1.69 bits per heavy atom. The first kappa shape index (κ1) is 42.7. The summed E-state index contributed by atoms with van der Waals surface area (Å²) in [6.07, 6.45) is 4.46. The maximum Gasteiger partial charge on any atom is 0.297 e. The molecule has 0 saturated carbocycles. The number of nitrogens with zero attached hydrogens (tertiary/aromatic N) is 2. The summed E-state index contributed by atoms with van der Waals surface area (Å²) in [7, 11) is 0. The van der Waals surface area contributed by atoms with Crippen LogP contribution < -0.4 is 26.4 Å². The zero-order chi connectivity index (χ0) is 46.3. The number of furan rings is 1. The lowest BCUT2D eigenvalue weighted by Crippen LogP contribution is -2.62. The molecule has 1 unspecified atom stereocenters. The zero-order valence-electron chi connectivity index (χ0n) is 42.4. The molecule has 4 heterocycles. The Hall–Kier alpha value is -4.96. The first-order valence-electron chi connectivity index (χ1n) is 24.7. The van der Waals surface area contributed by atoms with E-state index in [4.69, 9.17) is 4.42 Å². The lowest BCUT2D eigenvalue weighted by atomic mass is 9.34. The molecule has 334 valence electrons. The molecule has 4 heteroatoms. The fourth-order valence-electron chi connectivity index (χ4n) is 12.7. The number of hydrogen-bond acceptors (Lipinski definition) is 3. The predicted octanol–water partition coefficient (Wildman–Crippen LogP) is 15.0. The summed E-state index contributed by atoms with van der Waals surface area (Å²) < 4.78 is 7.81. The van der Waals surface area contributed by atoms with E-state index >= 15 is 0 Å². The summed E-state index contributed by atoms with van der Waals surface area (Å²) >= 11 is 0. The standard InChI is InChI=1S/C61H71BN2O/c1-55(2,3)37-22-26-44(40(32-37)36-20-18-17-19-21-36)63-46-34-39(57(7,8)9)35-47-50(46)62(54-52(63)49-53(65-54)60(14,15)29-28-59(49,12)13)43-25-24-41-48-51(43)64(47)45-27-23-38(56(4,5)6)33-42(45)61(48,16)31-30-58(41,10)11/h17-27,32-35H,28-31H2,1-16H3. The first-order chi connectivity index (χ1) is 30.2. The Bertz CT molecular complexity index is 2990. The minimum atomic E-state index is -0.138. The molecule has 1 atom stereocenters. The van der Waals surface area contributed by atoms with E-state index in [0.717, 1.165) is 31.3 Å². The van der Waals surface area contributed by atoms with Gasteiger partial charge in [0.15, 0.2) is 0 Å². The highest BCUT2D eigenvalue weighted by Gasteiger charge is 2.57. The highest BCUT2D eigenvalue weighted by molar-refractivity contribution is 6.99. The molecule has 0 saturated heterocycles. The van der Waals surface area contributed by atoms with Crippen LogP contribution in [0.2, 0.25) is 0 Å². The molecule has 11 rings (SSSR count). The monoisotopic (exact) mass is 859 g/mol. The van der Waals surface area contributed by atoms with Crippen molar-refractivity contribution in [3.8, 4) is 11.1 Å². The minimum absolute atomic E-state index is 0.0211. The predicted molar refractivity (Wildman–Crippen MR) is 278 cm³/mol. The smallest absolute Gasteiger partial charge is 0.297 e. The van der Waals surface area contributed by atoms with Crippen LogP contribution in [0.1, 0.15) is 181 Å². The molecule has 5 aliphatic rings. The van der Waals surface area contributed by atoms with E-state index in [1.807, 2.05) is 0 Å². The Kier molecular flexibility index (Phi) is 8.62. The molecule has 0 bridgehead atoms. The van der Waals surface area contributed by atoms with Gasteiger partial charge in [-0.25, -0.2) is 0 Å². The van der Waals surface area contributed by atoms with Crippen molar-refractivity contribution in [1.29, 1.82) is 0 Å². The molecule has 0 amide bonds. The van der Waals surface area contributed by atoms with Crippen LogP contribution in [0.5, 0.6) is 0 Å². The summed E-state index contributed by atoms with van der Waals surface area (Å²) in [4.78, 5) is 5.44. The molecule has 1 aromatic heterocycles. The van der Waals surface area contributed by atoms with E-state index in [9.17, 15) is 0 Å². The van der Waals surface area contributed by atoms with Crippen LogP contribution in [0.25, 0.3) is 11.1 Å². The summed E-state index contributed by atoms with van der Waals surface area (Å²) in [6, 6.07) is 36.2. The summed E-state index contributed by atoms with van der Waals surface area (Å²) in [5.41, 5.74) is 23.6. The van der Waals surface area contributed by atoms with Gasteiger partial charge in [0.05, 0.1) is 22.7 Å². The Morgan fingerprint density at radius 1 is 0.492 bits per heavy atom. The lowest BCUT2D eigenvalue weighted by Gasteiger charge is -2.54. The van der Waals surface area contributed by atoms with E-state index < -0.39 is 0 Å². The summed E-state index contributed by atoms with van der Waals surface area (Å²) in [5, 5.41) is 0. The molecule has 0 spiro atoms. The van der Waals surface area contributed by atoms with Crippen molar-refractivity contribution in [2.45, 2.75) is 174 Å². The maximum atomic E-state index is 7.81. The Balaban J connectivity index is 1.33. The molecule has 3 nitrogen and oxygen atoms in total. The van der Waals surface area contributed by atoms with Gasteiger partial charge in [0.25, 0.3) is 6.71 Å². The molecular formula is C61H71BN2O. The number of benzene rings is 5. The van der Waals surface area contributed by atoms with Crippen molar-refractivity contribution in [2.24, 2.45) is 0 Å². The van der Waals surface area contributed by atoms with Gasteiger partial charge in [-0.05, 0) is 133 Å². The third-order valence-corrected chi connectivity index (χ3v) is 17.0. The van der Waals surface area contributed by atoms with Crippen molar-refractivity contribution >= 4 is 57.4 Å². The van der Waals surface area contributed by atoms with Crippen LogP contribution in [0.4, 0.5) is 34.1 Å². The third kappa shape index (κ3) is 5.93. The number of anilines is 6. The fraction of sp³-hybridized carbons (Fsp3) is 0.443. The second-order valence-electron chi connectivity index (χ2n) is 26.0. The number of hydrogen-bond donors (Lipinski definition) is 0. The SMILES string of the molecule is CC(C)(C)c1ccc(N2c3cc(C(C)(C)C)cc4c3B(c3ccc5c6c3N4c3ccc(C(C)(C)C)cc3C6(C)CCC5(C)C)c3oc4c(c32)C(C)(C)CCC4(C)C)c(-c2ccccc2)c1. The van der Waals surface area contributed by atoms with Crippen molar-refractivity contribution in [3.05, 3.63) is 136 Å². The van der Waals surface area contributed by atoms with E-state index in [1.165, 1.54) is 101 Å². The molecule has 0 radical (unpaired) electrons. The highest BCUT2D eigenvalue weighted by Crippen LogP contribution is 2.62. The van der Waals surface area contributed by atoms with E-state index in [-0.39, 0.29) is 44.6 Å². The van der Waals surface area contributed by atoms with Gasteiger partial charge in [-0.2, -0.15) is 0 Å². The summed E-state index contributed by atoms with van der Waals surface area (Å²) in [6.45, 7) is 38.6. The van der Waals surface area contributed by atoms with Gasteiger partial charge >= 0.3 is 0 Å². The molecule has 5 aromatic carbocycles. The number of rotatable bonds is 2.